The molecule has 1 heterocycles. The van der Waals surface area contributed by atoms with Gasteiger partial charge < -0.3 is 15.4 Å². The molecule has 1 aliphatic rings. The molecule has 0 bridgehead atoms. The molecule has 0 aromatic heterocycles. The Morgan fingerprint density at radius 3 is 2.52 bits per heavy atom. The van der Waals surface area contributed by atoms with Gasteiger partial charge in [-0.2, -0.15) is 0 Å². The van der Waals surface area contributed by atoms with Crippen LogP contribution in [-0.4, -0.2) is 19.3 Å². The first kappa shape index (κ1) is 22.3. The van der Waals surface area contributed by atoms with Crippen molar-refractivity contribution in [2.24, 2.45) is 0 Å². The minimum Gasteiger partial charge on any atom is -0.495 e. The normalized spacial score (nSPS) is 16.0. The van der Waals surface area contributed by atoms with Crippen molar-refractivity contribution in [1.82, 2.24) is 5.32 Å². The van der Waals surface area contributed by atoms with E-state index in [1.165, 1.54) is 18.9 Å². The van der Waals surface area contributed by atoms with E-state index in [4.69, 9.17) is 11.3 Å². The molecule has 2 aromatic carbocycles. The SMILES string of the molecule is [C-]#[N+]C1=C(SC)NC(C)=C(C(=O)Nc2ccccc2OC)C1c1cc(F)c(F)cc1F. The smallest absolute Gasteiger partial charge is 0.253 e. The molecule has 0 saturated carbocycles. The highest BCUT2D eigenvalue weighted by Crippen LogP contribution is 2.43. The standard InChI is InChI=1S/C22H18F3N3O2S/c1-11-18(21(29)28-16-7-5-6-8-17(16)30-3)19(20(26-2)22(27-11)31-4)12-9-14(24)15(25)10-13(12)23/h5-10,19,27H,1,3-4H3,(H,28,29). The Morgan fingerprint density at radius 1 is 1.19 bits per heavy atom. The number of ether oxygens (including phenoxy) is 1. The summed E-state index contributed by atoms with van der Waals surface area (Å²) in [7, 11) is 1.45. The Balaban J connectivity index is 2.16. The summed E-state index contributed by atoms with van der Waals surface area (Å²) >= 11 is 1.20. The summed E-state index contributed by atoms with van der Waals surface area (Å²) in [5.41, 5.74) is 0.442. The lowest BCUT2D eigenvalue weighted by atomic mass is 9.84. The van der Waals surface area contributed by atoms with Gasteiger partial charge in [0, 0.05) is 17.3 Å². The van der Waals surface area contributed by atoms with Crippen molar-refractivity contribution < 1.29 is 22.7 Å². The number of thioether (sulfide) groups is 1. The molecule has 9 heteroatoms. The Labute approximate surface area is 181 Å². The molecule has 160 valence electrons. The zero-order valence-electron chi connectivity index (χ0n) is 16.8. The number of carbonyl (C=O) groups is 1. The number of halogens is 3. The summed E-state index contributed by atoms with van der Waals surface area (Å²) in [6, 6.07) is 7.80. The first-order valence-electron chi connectivity index (χ1n) is 9.04. The van der Waals surface area contributed by atoms with Crippen LogP contribution in [0.2, 0.25) is 0 Å². The summed E-state index contributed by atoms with van der Waals surface area (Å²) in [5.74, 6) is -5.14. The zero-order valence-corrected chi connectivity index (χ0v) is 17.7. The van der Waals surface area contributed by atoms with Gasteiger partial charge in [-0.1, -0.05) is 12.1 Å². The van der Waals surface area contributed by atoms with E-state index in [0.717, 1.165) is 0 Å². The van der Waals surface area contributed by atoms with Crippen molar-refractivity contribution >= 4 is 23.4 Å². The number of para-hydroxylation sites is 2. The van der Waals surface area contributed by atoms with Crippen molar-refractivity contribution in [2.75, 3.05) is 18.7 Å². The molecular weight excluding hydrogens is 427 g/mol. The van der Waals surface area contributed by atoms with E-state index in [0.29, 0.717) is 34.3 Å². The van der Waals surface area contributed by atoms with Gasteiger partial charge in [0.1, 0.15) is 11.6 Å². The Hall–Kier alpha value is -3.38. The second-order valence-electron chi connectivity index (χ2n) is 6.57. The second kappa shape index (κ2) is 9.18. The van der Waals surface area contributed by atoms with E-state index >= 15 is 0 Å². The molecule has 5 nitrogen and oxygen atoms in total. The van der Waals surface area contributed by atoms with E-state index in [9.17, 15) is 18.0 Å². The Bertz CT molecular complexity index is 1160. The van der Waals surface area contributed by atoms with Crippen LogP contribution in [0, 0.1) is 24.0 Å². The van der Waals surface area contributed by atoms with Gasteiger partial charge in [0.05, 0.1) is 30.3 Å². The summed E-state index contributed by atoms with van der Waals surface area (Å²) < 4.78 is 47.5. The van der Waals surface area contributed by atoms with Gasteiger partial charge in [-0.25, -0.2) is 18.0 Å². The van der Waals surface area contributed by atoms with E-state index in [2.05, 4.69) is 15.5 Å². The molecular formula is C22H18F3N3O2S. The van der Waals surface area contributed by atoms with Gasteiger partial charge >= 0.3 is 0 Å². The minimum absolute atomic E-state index is 0.00758. The average Bonchev–Trinajstić information content (AvgIpc) is 2.75. The van der Waals surface area contributed by atoms with Crippen LogP contribution >= 0.6 is 11.8 Å². The molecule has 3 rings (SSSR count). The third-order valence-electron chi connectivity index (χ3n) is 4.77. The molecule has 1 atom stereocenters. The van der Waals surface area contributed by atoms with E-state index < -0.39 is 29.3 Å². The predicted octanol–water partition coefficient (Wildman–Crippen LogP) is 5.16. The van der Waals surface area contributed by atoms with Crippen LogP contribution in [0.5, 0.6) is 5.75 Å². The maximum absolute atomic E-state index is 14.7. The van der Waals surface area contributed by atoms with Crippen molar-refractivity contribution in [2.45, 2.75) is 12.8 Å². The largest absolute Gasteiger partial charge is 0.495 e. The van der Waals surface area contributed by atoms with Crippen LogP contribution in [-0.2, 0) is 4.79 Å². The van der Waals surface area contributed by atoms with Gasteiger partial charge in [-0.15, -0.1) is 11.8 Å². The number of amides is 1. The molecule has 2 N–H and O–H groups in total. The molecule has 0 aliphatic carbocycles. The highest BCUT2D eigenvalue weighted by Gasteiger charge is 2.37. The summed E-state index contributed by atoms with van der Waals surface area (Å²) in [5, 5.41) is 6.08. The molecule has 1 aliphatic heterocycles. The molecule has 1 unspecified atom stereocenters. The molecule has 0 spiro atoms. The lowest BCUT2D eigenvalue weighted by Crippen LogP contribution is -2.30. The maximum Gasteiger partial charge on any atom is 0.253 e. The fraction of sp³-hybridized carbons (Fsp3) is 0.182. The fourth-order valence-corrected chi connectivity index (χ4v) is 3.99. The first-order chi connectivity index (χ1) is 14.8. The monoisotopic (exact) mass is 445 g/mol. The van der Waals surface area contributed by atoms with Crippen LogP contribution in [0.4, 0.5) is 18.9 Å². The number of hydrogen-bond donors (Lipinski definition) is 2. The molecule has 0 saturated heterocycles. The minimum atomic E-state index is -1.35. The van der Waals surface area contributed by atoms with Crippen molar-refractivity contribution in [1.29, 1.82) is 0 Å². The number of rotatable bonds is 5. The van der Waals surface area contributed by atoms with E-state index in [-0.39, 0.29) is 16.8 Å². The molecule has 0 radical (unpaired) electrons. The topological polar surface area (TPSA) is 54.7 Å². The van der Waals surface area contributed by atoms with Gasteiger partial charge in [0.25, 0.3) is 5.91 Å². The lowest BCUT2D eigenvalue weighted by molar-refractivity contribution is -0.113. The Morgan fingerprint density at radius 2 is 1.87 bits per heavy atom. The number of methoxy groups -OCH3 is 1. The highest BCUT2D eigenvalue weighted by molar-refractivity contribution is 8.02. The number of hydrogen-bond acceptors (Lipinski definition) is 4. The number of allylic oxidation sites excluding steroid dienone is 2. The predicted molar refractivity (Wildman–Crippen MR) is 114 cm³/mol. The number of dihydropyridines is 1. The quantitative estimate of drug-likeness (QED) is 0.493. The number of anilines is 1. The van der Waals surface area contributed by atoms with Crippen molar-refractivity contribution in [3.05, 3.63) is 92.8 Å². The molecule has 1 amide bonds. The molecule has 2 aromatic rings. The lowest BCUT2D eigenvalue weighted by Gasteiger charge is -2.29. The summed E-state index contributed by atoms with van der Waals surface area (Å²) in [6.45, 7) is 9.20. The van der Waals surface area contributed by atoms with Crippen LogP contribution in [0.15, 0.2) is 58.4 Å². The van der Waals surface area contributed by atoms with Crippen LogP contribution < -0.4 is 15.4 Å². The van der Waals surface area contributed by atoms with Crippen LogP contribution in [0.3, 0.4) is 0 Å². The zero-order chi connectivity index (χ0) is 22.7. The Kier molecular flexibility index (Phi) is 6.61. The maximum atomic E-state index is 14.7. The van der Waals surface area contributed by atoms with Gasteiger partial charge in [0.15, 0.2) is 11.6 Å². The highest BCUT2D eigenvalue weighted by atomic mass is 32.2. The molecule has 31 heavy (non-hydrogen) atoms. The van der Waals surface area contributed by atoms with E-state index in [1.807, 2.05) is 0 Å². The van der Waals surface area contributed by atoms with Gasteiger partial charge in [-0.05, 0) is 36.9 Å². The number of nitrogens with zero attached hydrogens (tertiary/aromatic N) is 1. The summed E-state index contributed by atoms with van der Waals surface area (Å²) in [6.07, 6.45) is 1.71. The third kappa shape index (κ3) is 4.25. The first-order valence-corrected chi connectivity index (χ1v) is 10.3. The second-order valence-corrected chi connectivity index (χ2v) is 7.39. The van der Waals surface area contributed by atoms with E-state index in [1.54, 1.807) is 37.4 Å². The van der Waals surface area contributed by atoms with Gasteiger partial charge in [0.2, 0.25) is 5.70 Å². The van der Waals surface area contributed by atoms with Crippen molar-refractivity contribution in [3.8, 4) is 5.75 Å². The van der Waals surface area contributed by atoms with Gasteiger partial charge in [-0.3, -0.25) is 4.79 Å². The average molecular weight is 445 g/mol. The van der Waals surface area contributed by atoms with Crippen molar-refractivity contribution in [3.63, 3.8) is 0 Å². The number of carbonyl (C=O) groups excluding carboxylic acids is 1. The molecule has 0 fully saturated rings. The van der Waals surface area contributed by atoms with Crippen LogP contribution in [0.1, 0.15) is 18.4 Å². The third-order valence-corrected chi connectivity index (χ3v) is 5.49. The van der Waals surface area contributed by atoms with Crippen LogP contribution in [0.25, 0.3) is 4.85 Å². The fourth-order valence-electron chi connectivity index (χ4n) is 3.36. The number of benzene rings is 2. The summed E-state index contributed by atoms with van der Waals surface area (Å²) in [4.78, 5) is 16.7. The number of nitrogens with one attached hydrogen (secondary N) is 2.